The fourth-order valence-corrected chi connectivity index (χ4v) is 2.04. The van der Waals surface area contributed by atoms with Crippen molar-refractivity contribution in [3.05, 3.63) is 63.1 Å². The standard InChI is InChI=1S/C15H11Cl3O3/c16-11-6-5-10(7-13(11)18)8-21-15(19)9-20-14-4-2-1-3-12(14)17/h1-7H,8-9H2. The summed E-state index contributed by atoms with van der Waals surface area (Å²) in [4.78, 5) is 11.6. The van der Waals surface area contributed by atoms with Crippen LogP contribution in [0.2, 0.25) is 15.1 Å². The summed E-state index contributed by atoms with van der Waals surface area (Å²) in [6.07, 6.45) is 0. The first-order chi connectivity index (χ1) is 10.1. The van der Waals surface area contributed by atoms with Crippen molar-refractivity contribution in [2.75, 3.05) is 6.61 Å². The molecule has 0 bridgehead atoms. The number of rotatable bonds is 5. The first-order valence-corrected chi connectivity index (χ1v) is 7.16. The average Bonchev–Trinajstić information content (AvgIpc) is 2.47. The molecule has 0 N–H and O–H groups in total. The molecule has 2 aromatic carbocycles. The monoisotopic (exact) mass is 344 g/mol. The summed E-state index contributed by atoms with van der Waals surface area (Å²) in [6.45, 7) is -0.118. The van der Waals surface area contributed by atoms with Gasteiger partial charge in [0.1, 0.15) is 12.4 Å². The van der Waals surface area contributed by atoms with Gasteiger partial charge in [-0.2, -0.15) is 0 Å². The van der Waals surface area contributed by atoms with Crippen molar-refractivity contribution in [1.82, 2.24) is 0 Å². The Hall–Kier alpha value is -1.42. The Morgan fingerprint density at radius 1 is 0.952 bits per heavy atom. The lowest BCUT2D eigenvalue weighted by Crippen LogP contribution is -2.14. The molecular weight excluding hydrogens is 335 g/mol. The minimum atomic E-state index is -0.499. The summed E-state index contributed by atoms with van der Waals surface area (Å²) in [5, 5.41) is 1.31. The molecule has 0 aliphatic heterocycles. The highest BCUT2D eigenvalue weighted by Gasteiger charge is 2.07. The molecule has 6 heteroatoms. The van der Waals surface area contributed by atoms with Crippen LogP contribution in [0.5, 0.6) is 5.75 Å². The highest BCUT2D eigenvalue weighted by atomic mass is 35.5. The van der Waals surface area contributed by atoms with E-state index in [9.17, 15) is 4.79 Å². The van der Waals surface area contributed by atoms with E-state index in [4.69, 9.17) is 44.3 Å². The Morgan fingerprint density at radius 2 is 1.71 bits per heavy atom. The summed E-state index contributed by atoms with van der Waals surface area (Å²) in [5.41, 5.74) is 0.746. The fourth-order valence-electron chi connectivity index (χ4n) is 1.53. The summed E-state index contributed by atoms with van der Waals surface area (Å²) < 4.78 is 10.4. The first-order valence-electron chi connectivity index (χ1n) is 6.03. The molecule has 0 aromatic heterocycles. The van der Waals surface area contributed by atoms with Gasteiger partial charge in [-0.25, -0.2) is 4.79 Å². The molecule has 0 fully saturated rings. The van der Waals surface area contributed by atoms with Crippen molar-refractivity contribution < 1.29 is 14.3 Å². The van der Waals surface area contributed by atoms with E-state index in [2.05, 4.69) is 0 Å². The SMILES string of the molecule is O=C(COc1ccccc1Cl)OCc1ccc(Cl)c(Cl)c1. The Labute approximate surface area is 137 Å². The molecule has 2 aromatic rings. The number of hydrogen-bond donors (Lipinski definition) is 0. The molecule has 3 nitrogen and oxygen atoms in total. The van der Waals surface area contributed by atoms with Crippen LogP contribution < -0.4 is 4.74 Å². The summed E-state index contributed by atoms with van der Waals surface area (Å²) >= 11 is 17.6. The molecule has 110 valence electrons. The van der Waals surface area contributed by atoms with E-state index in [0.717, 1.165) is 5.56 Å². The van der Waals surface area contributed by atoms with Crippen molar-refractivity contribution in [3.63, 3.8) is 0 Å². The Balaban J connectivity index is 1.82. The average molecular weight is 346 g/mol. The maximum atomic E-state index is 11.6. The minimum Gasteiger partial charge on any atom is -0.480 e. The highest BCUT2D eigenvalue weighted by molar-refractivity contribution is 6.42. The Kier molecular flexibility index (Phi) is 5.74. The quantitative estimate of drug-likeness (QED) is 0.732. The maximum absolute atomic E-state index is 11.6. The zero-order chi connectivity index (χ0) is 15.2. The van der Waals surface area contributed by atoms with Crippen molar-refractivity contribution >= 4 is 40.8 Å². The number of ether oxygens (including phenoxy) is 2. The van der Waals surface area contributed by atoms with Crippen molar-refractivity contribution in [2.24, 2.45) is 0 Å². The third-order valence-electron chi connectivity index (χ3n) is 2.57. The van der Waals surface area contributed by atoms with Gasteiger partial charge in [0, 0.05) is 0 Å². The van der Waals surface area contributed by atoms with Crippen LogP contribution in [-0.4, -0.2) is 12.6 Å². The lowest BCUT2D eigenvalue weighted by molar-refractivity contribution is -0.147. The van der Waals surface area contributed by atoms with Crippen molar-refractivity contribution in [3.8, 4) is 5.75 Å². The van der Waals surface area contributed by atoms with Gasteiger partial charge < -0.3 is 9.47 Å². The number of hydrogen-bond acceptors (Lipinski definition) is 3. The second-order valence-electron chi connectivity index (χ2n) is 4.13. The third kappa shape index (κ3) is 4.81. The highest BCUT2D eigenvalue weighted by Crippen LogP contribution is 2.24. The fraction of sp³-hybridized carbons (Fsp3) is 0.133. The number of esters is 1. The molecule has 0 aliphatic rings. The van der Waals surface area contributed by atoms with E-state index >= 15 is 0 Å². The van der Waals surface area contributed by atoms with E-state index in [0.29, 0.717) is 20.8 Å². The second-order valence-corrected chi connectivity index (χ2v) is 5.35. The largest absolute Gasteiger partial charge is 0.480 e. The van der Waals surface area contributed by atoms with Gasteiger partial charge in [0.2, 0.25) is 0 Å². The van der Waals surface area contributed by atoms with E-state index in [1.807, 2.05) is 0 Å². The van der Waals surface area contributed by atoms with Crippen LogP contribution in [0.3, 0.4) is 0 Å². The van der Waals surface area contributed by atoms with Crippen molar-refractivity contribution in [2.45, 2.75) is 6.61 Å². The smallest absolute Gasteiger partial charge is 0.344 e. The topological polar surface area (TPSA) is 35.5 Å². The summed E-state index contributed by atoms with van der Waals surface area (Å²) in [6, 6.07) is 11.9. The molecule has 0 radical (unpaired) electrons. The molecule has 0 amide bonds. The van der Waals surface area contributed by atoms with Crippen LogP contribution >= 0.6 is 34.8 Å². The molecule has 2 rings (SSSR count). The molecule has 0 atom stereocenters. The zero-order valence-corrected chi connectivity index (χ0v) is 13.1. The van der Waals surface area contributed by atoms with Gasteiger partial charge in [0.25, 0.3) is 0 Å². The van der Waals surface area contributed by atoms with E-state index < -0.39 is 5.97 Å². The van der Waals surface area contributed by atoms with E-state index in [1.54, 1.807) is 42.5 Å². The number of halogens is 3. The number of carbonyl (C=O) groups is 1. The van der Waals surface area contributed by atoms with Crippen LogP contribution in [0, 0.1) is 0 Å². The van der Waals surface area contributed by atoms with Crippen LogP contribution in [0.1, 0.15) is 5.56 Å². The second kappa shape index (κ2) is 7.55. The lowest BCUT2D eigenvalue weighted by atomic mass is 10.2. The summed E-state index contributed by atoms with van der Waals surface area (Å²) in [7, 11) is 0. The normalized spacial score (nSPS) is 10.2. The number of benzene rings is 2. The van der Waals surface area contributed by atoms with Gasteiger partial charge in [0.05, 0.1) is 15.1 Å². The number of para-hydroxylation sites is 1. The van der Waals surface area contributed by atoms with Crippen molar-refractivity contribution in [1.29, 1.82) is 0 Å². The molecule has 0 heterocycles. The van der Waals surface area contributed by atoms with Gasteiger partial charge >= 0.3 is 5.97 Å². The minimum absolute atomic E-state index is 0.0988. The maximum Gasteiger partial charge on any atom is 0.344 e. The Morgan fingerprint density at radius 3 is 2.43 bits per heavy atom. The van der Waals surface area contributed by atoms with Crippen LogP contribution in [0.4, 0.5) is 0 Å². The van der Waals surface area contributed by atoms with Gasteiger partial charge in [-0.1, -0.05) is 53.0 Å². The molecule has 0 unspecified atom stereocenters. The van der Waals surface area contributed by atoms with Gasteiger partial charge in [-0.3, -0.25) is 0 Å². The van der Waals surface area contributed by atoms with Crippen LogP contribution in [0.15, 0.2) is 42.5 Å². The Bertz CT molecular complexity index is 644. The van der Waals surface area contributed by atoms with E-state index in [1.165, 1.54) is 0 Å². The summed E-state index contributed by atoms with van der Waals surface area (Å²) in [5.74, 6) is -0.0633. The molecule has 0 saturated carbocycles. The molecule has 21 heavy (non-hydrogen) atoms. The predicted octanol–water partition coefficient (Wildman–Crippen LogP) is 4.77. The van der Waals surface area contributed by atoms with Gasteiger partial charge in [0.15, 0.2) is 6.61 Å². The lowest BCUT2D eigenvalue weighted by Gasteiger charge is -2.08. The third-order valence-corrected chi connectivity index (χ3v) is 3.62. The molecule has 0 spiro atoms. The number of carbonyl (C=O) groups excluding carboxylic acids is 1. The zero-order valence-electron chi connectivity index (χ0n) is 10.8. The predicted molar refractivity (Wildman–Crippen MR) is 83.2 cm³/mol. The van der Waals surface area contributed by atoms with Gasteiger partial charge in [-0.05, 0) is 29.8 Å². The van der Waals surface area contributed by atoms with Crippen LogP contribution in [0.25, 0.3) is 0 Å². The van der Waals surface area contributed by atoms with Crippen LogP contribution in [-0.2, 0) is 16.1 Å². The molecule has 0 saturated heterocycles. The van der Waals surface area contributed by atoms with Gasteiger partial charge in [-0.15, -0.1) is 0 Å². The molecular formula is C15H11Cl3O3. The molecule has 0 aliphatic carbocycles. The first kappa shape index (κ1) is 16.0. The van der Waals surface area contributed by atoms with E-state index in [-0.39, 0.29) is 13.2 Å².